The molecule has 0 fully saturated rings. The van der Waals surface area contributed by atoms with Gasteiger partial charge in [-0.15, -0.1) is 0 Å². The van der Waals surface area contributed by atoms with Crippen LogP contribution in [0.15, 0.2) is 170 Å². The first-order valence-corrected chi connectivity index (χ1v) is 20.3. The van der Waals surface area contributed by atoms with Gasteiger partial charge in [0.1, 0.15) is 0 Å². The van der Waals surface area contributed by atoms with E-state index in [4.69, 9.17) is 0 Å². The third kappa shape index (κ3) is 4.71. The Hall–Kier alpha value is -6.38. The van der Waals surface area contributed by atoms with Crippen molar-refractivity contribution in [2.45, 2.75) is 52.4 Å². The molecule has 0 unspecified atom stereocenters. The number of hydrogen-bond acceptors (Lipinski definition) is 0. The molecule has 0 spiro atoms. The third-order valence-electron chi connectivity index (χ3n) is 14.6. The maximum absolute atomic E-state index is 2.55. The third-order valence-corrected chi connectivity index (χ3v) is 14.6. The molecular weight excluding hydrogens is 689 g/mol. The van der Waals surface area contributed by atoms with E-state index in [1.807, 2.05) is 0 Å². The summed E-state index contributed by atoms with van der Waals surface area (Å²) in [5, 5.41) is 7.64. The summed E-state index contributed by atoms with van der Waals surface area (Å²) in [6.07, 6.45) is 0. The highest BCUT2D eigenvalue weighted by molar-refractivity contribution is 6.15. The summed E-state index contributed by atoms with van der Waals surface area (Å²) in [6.45, 7) is 14.7. The van der Waals surface area contributed by atoms with Crippen molar-refractivity contribution >= 4 is 54.4 Å². The largest absolute Gasteiger partial charge is 0.309 e. The summed E-state index contributed by atoms with van der Waals surface area (Å²) in [7, 11) is 0. The summed E-state index contributed by atoms with van der Waals surface area (Å²) >= 11 is 0. The average molecular weight is 735 g/mol. The van der Waals surface area contributed by atoms with Crippen LogP contribution in [0.3, 0.4) is 0 Å². The molecular formula is C55H46N2. The van der Waals surface area contributed by atoms with Crippen molar-refractivity contribution < 1.29 is 0 Å². The lowest BCUT2D eigenvalue weighted by Gasteiger charge is -2.44. The highest BCUT2D eigenvalue weighted by Crippen LogP contribution is 2.62. The molecule has 11 rings (SSSR count). The number of fused-ring (bicyclic) bond motifs is 8. The van der Waals surface area contributed by atoms with Crippen LogP contribution in [-0.2, 0) is 10.8 Å². The highest BCUT2D eigenvalue weighted by atomic mass is 15.0. The number of para-hydroxylation sites is 1. The molecule has 0 saturated carbocycles. The van der Waals surface area contributed by atoms with E-state index in [1.54, 1.807) is 0 Å². The summed E-state index contributed by atoms with van der Waals surface area (Å²) in [4.78, 5) is 0. The molecule has 0 aliphatic heterocycles. The van der Waals surface area contributed by atoms with Crippen LogP contribution in [0.4, 0.5) is 0 Å². The molecule has 2 heterocycles. The molecule has 2 aromatic heterocycles. The van der Waals surface area contributed by atoms with E-state index in [0.29, 0.717) is 0 Å². The molecule has 0 N–H and O–H groups in total. The maximum Gasteiger partial charge on any atom is 0.0547 e. The zero-order chi connectivity index (χ0) is 38.8. The Kier molecular flexibility index (Phi) is 7.03. The lowest BCUT2D eigenvalue weighted by molar-refractivity contribution is 0.125. The summed E-state index contributed by atoms with van der Waals surface area (Å²) in [5.41, 5.74) is 15.2. The van der Waals surface area contributed by atoms with Gasteiger partial charge >= 0.3 is 0 Å². The van der Waals surface area contributed by atoms with Gasteiger partial charge in [-0.2, -0.15) is 0 Å². The smallest absolute Gasteiger partial charge is 0.0547 e. The quantitative estimate of drug-likeness (QED) is 0.170. The standard InChI is InChI=1S/C55H46N2/c1-53(2)47-33-46-44-31-40(39-24-26-49-43(30-39)45-29-37-18-13-14-19-38(37)32-51(45)56(49)41-21-11-8-12-22-41)25-27-50(44)57(52(46)34-48(47)54(3,4)55(53,5)6)42-23-15-20-36(28-42)35-16-9-7-10-17-35/h7-34H,1-6H3. The number of hydrogen-bond donors (Lipinski definition) is 0. The fourth-order valence-electron chi connectivity index (χ4n) is 10.2. The number of aromatic nitrogens is 2. The molecule has 2 nitrogen and oxygen atoms in total. The first-order chi connectivity index (χ1) is 27.5. The Morgan fingerprint density at radius 2 is 0.772 bits per heavy atom. The molecule has 10 aromatic rings. The Morgan fingerprint density at radius 3 is 1.42 bits per heavy atom. The first kappa shape index (κ1) is 33.9. The van der Waals surface area contributed by atoms with Crippen LogP contribution in [0, 0.1) is 5.41 Å². The van der Waals surface area contributed by atoms with E-state index < -0.39 is 0 Å². The van der Waals surface area contributed by atoms with Crippen LogP contribution in [0.25, 0.3) is 88.0 Å². The van der Waals surface area contributed by atoms with E-state index in [0.717, 1.165) is 0 Å². The minimum atomic E-state index is -0.00196. The molecule has 0 atom stereocenters. The second-order valence-electron chi connectivity index (χ2n) is 17.9. The van der Waals surface area contributed by atoms with Gasteiger partial charge in [-0.25, -0.2) is 0 Å². The van der Waals surface area contributed by atoms with Gasteiger partial charge in [0.2, 0.25) is 0 Å². The van der Waals surface area contributed by atoms with Gasteiger partial charge in [0.05, 0.1) is 22.1 Å². The number of nitrogens with zero attached hydrogens (tertiary/aromatic N) is 2. The van der Waals surface area contributed by atoms with Crippen LogP contribution in [0.5, 0.6) is 0 Å². The van der Waals surface area contributed by atoms with Crippen molar-refractivity contribution in [2.75, 3.05) is 0 Å². The van der Waals surface area contributed by atoms with Gasteiger partial charge in [0, 0.05) is 32.9 Å². The van der Waals surface area contributed by atoms with Crippen molar-refractivity contribution in [3.8, 4) is 33.6 Å². The van der Waals surface area contributed by atoms with Crippen molar-refractivity contribution in [3.05, 3.63) is 181 Å². The van der Waals surface area contributed by atoms with Gasteiger partial charge in [-0.05, 0) is 133 Å². The fourth-order valence-corrected chi connectivity index (χ4v) is 10.2. The van der Waals surface area contributed by atoms with Gasteiger partial charge < -0.3 is 9.13 Å². The minimum Gasteiger partial charge on any atom is -0.309 e. The predicted octanol–water partition coefficient (Wildman–Crippen LogP) is 15.0. The Bertz CT molecular complexity index is 3240. The minimum absolute atomic E-state index is 0.00145. The fraction of sp³-hybridized carbons (Fsp3) is 0.164. The van der Waals surface area contributed by atoms with Gasteiger partial charge in [0.25, 0.3) is 0 Å². The summed E-state index contributed by atoms with van der Waals surface area (Å²) in [5.74, 6) is 0. The maximum atomic E-state index is 2.55. The lowest BCUT2D eigenvalue weighted by atomic mass is 9.59. The van der Waals surface area contributed by atoms with Gasteiger partial charge in [-0.1, -0.05) is 139 Å². The van der Waals surface area contributed by atoms with Crippen LogP contribution in [-0.4, -0.2) is 9.13 Å². The summed E-state index contributed by atoms with van der Waals surface area (Å²) in [6, 6.07) is 63.3. The normalized spacial score (nSPS) is 15.6. The SMILES string of the molecule is CC1(C)c2cc3c4cc(-c5ccc6c(c5)c5cc7ccccc7cc5n6-c5ccccc5)ccc4n(-c4cccc(-c5ccccc5)c4)c3cc2C(C)(C)C1(C)C. The average Bonchev–Trinajstić information content (AvgIpc) is 3.76. The molecule has 8 aromatic carbocycles. The van der Waals surface area contributed by atoms with Crippen molar-refractivity contribution in [1.29, 1.82) is 0 Å². The van der Waals surface area contributed by atoms with E-state index in [9.17, 15) is 0 Å². The van der Waals surface area contributed by atoms with Crippen molar-refractivity contribution in [3.63, 3.8) is 0 Å². The monoisotopic (exact) mass is 734 g/mol. The molecule has 0 bridgehead atoms. The molecule has 276 valence electrons. The van der Waals surface area contributed by atoms with Gasteiger partial charge in [-0.3, -0.25) is 0 Å². The van der Waals surface area contributed by atoms with Gasteiger partial charge in [0.15, 0.2) is 0 Å². The Balaban J connectivity index is 1.17. The molecule has 2 heteroatoms. The molecule has 0 radical (unpaired) electrons. The molecule has 1 aliphatic carbocycles. The predicted molar refractivity (Wildman–Crippen MR) is 243 cm³/mol. The molecule has 57 heavy (non-hydrogen) atoms. The molecule has 0 amide bonds. The van der Waals surface area contributed by atoms with Crippen LogP contribution >= 0.6 is 0 Å². The Labute approximate surface area is 334 Å². The second-order valence-corrected chi connectivity index (χ2v) is 17.9. The van der Waals surface area contributed by atoms with Crippen LogP contribution in [0.2, 0.25) is 0 Å². The topological polar surface area (TPSA) is 9.86 Å². The van der Waals surface area contributed by atoms with E-state index in [2.05, 4.69) is 221 Å². The zero-order valence-corrected chi connectivity index (χ0v) is 33.6. The van der Waals surface area contributed by atoms with E-state index >= 15 is 0 Å². The van der Waals surface area contributed by atoms with Crippen LogP contribution < -0.4 is 0 Å². The van der Waals surface area contributed by atoms with Crippen molar-refractivity contribution in [1.82, 2.24) is 9.13 Å². The number of benzene rings is 8. The first-order valence-electron chi connectivity index (χ1n) is 20.3. The van der Waals surface area contributed by atoms with E-state index in [1.165, 1.54) is 99.1 Å². The van der Waals surface area contributed by atoms with E-state index in [-0.39, 0.29) is 16.2 Å². The Morgan fingerprint density at radius 1 is 0.316 bits per heavy atom. The molecule has 1 aliphatic rings. The highest BCUT2D eigenvalue weighted by Gasteiger charge is 2.57. The number of rotatable bonds is 4. The second kappa shape index (κ2) is 11.8. The van der Waals surface area contributed by atoms with Crippen molar-refractivity contribution in [2.24, 2.45) is 5.41 Å². The van der Waals surface area contributed by atoms with Crippen LogP contribution in [0.1, 0.15) is 52.7 Å². The summed E-state index contributed by atoms with van der Waals surface area (Å²) < 4.78 is 4.93. The lowest BCUT2D eigenvalue weighted by Crippen LogP contribution is -2.42. The zero-order valence-electron chi connectivity index (χ0n) is 33.6. The molecule has 0 saturated heterocycles.